The van der Waals surface area contributed by atoms with Crippen LogP contribution in [0.15, 0.2) is 18.2 Å². The van der Waals surface area contributed by atoms with Gasteiger partial charge in [0.05, 0.1) is 6.26 Å². The number of sulfonamides is 1. The van der Waals surface area contributed by atoms with Gasteiger partial charge < -0.3 is 10.2 Å². The summed E-state index contributed by atoms with van der Waals surface area (Å²) in [5.41, 5.74) is 2.90. The van der Waals surface area contributed by atoms with Crippen LogP contribution in [0.2, 0.25) is 0 Å². The highest BCUT2D eigenvalue weighted by Gasteiger charge is 2.17. The molecule has 6 nitrogen and oxygen atoms in total. The second-order valence-electron chi connectivity index (χ2n) is 6.49. The summed E-state index contributed by atoms with van der Waals surface area (Å²) in [4.78, 5) is 14.1. The van der Waals surface area contributed by atoms with Gasteiger partial charge in [0.2, 0.25) is 15.9 Å². The van der Waals surface area contributed by atoms with Gasteiger partial charge in [-0.3, -0.25) is 4.79 Å². The molecule has 0 bridgehead atoms. The quantitative estimate of drug-likeness (QED) is 0.734. The highest BCUT2D eigenvalue weighted by molar-refractivity contribution is 7.88. The molecule has 0 radical (unpaired) electrons. The molecule has 0 saturated heterocycles. The first kappa shape index (κ1) is 20.6. The average Bonchev–Trinajstić information content (AvgIpc) is 2.39. The van der Waals surface area contributed by atoms with E-state index < -0.39 is 10.0 Å². The molecule has 1 N–H and O–H groups in total. The van der Waals surface area contributed by atoms with Crippen LogP contribution in [-0.2, 0) is 14.8 Å². The Hall–Kier alpha value is -1.44. The second-order valence-corrected chi connectivity index (χ2v) is 8.48. The van der Waals surface area contributed by atoms with E-state index in [1.165, 1.54) is 10.6 Å². The van der Waals surface area contributed by atoms with Crippen molar-refractivity contribution in [1.29, 1.82) is 0 Å². The summed E-state index contributed by atoms with van der Waals surface area (Å²) in [7, 11) is 0.583. The maximum Gasteiger partial charge on any atom is 0.225 e. The number of hydrogen-bond donors (Lipinski definition) is 1. The number of rotatable bonds is 9. The molecule has 0 aliphatic carbocycles. The molecule has 7 heteroatoms. The molecule has 136 valence electrons. The summed E-state index contributed by atoms with van der Waals surface area (Å²) < 4.78 is 25.1. The van der Waals surface area contributed by atoms with E-state index in [4.69, 9.17) is 0 Å². The SMILES string of the molecule is Cc1cc(C)cc(NC(=O)CCN(CCCN(C)C)S(C)(=O)=O)c1. The number of nitrogens with zero attached hydrogens (tertiary/aromatic N) is 2. The number of hydrogen-bond acceptors (Lipinski definition) is 4. The normalized spacial score (nSPS) is 12.0. The minimum Gasteiger partial charge on any atom is -0.326 e. The van der Waals surface area contributed by atoms with Crippen molar-refractivity contribution in [3.63, 3.8) is 0 Å². The van der Waals surface area contributed by atoms with Crippen LogP contribution < -0.4 is 5.32 Å². The summed E-state index contributed by atoms with van der Waals surface area (Å²) in [5.74, 6) is -0.179. The average molecular weight is 356 g/mol. The van der Waals surface area contributed by atoms with Gasteiger partial charge in [0.1, 0.15) is 0 Å². The van der Waals surface area contributed by atoms with Gasteiger partial charge in [-0.1, -0.05) is 6.07 Å². The van der Waals surface area contributed by atoms with E-state index in [0.29, 0.717) is 6.54 Å². The molecule has 0 aliphatic heterocycles. The molecular weight excluding hydrogens is 326 g/mol. The molecule has 0 fully saturated rings. The molecule has 24 heavy (non-hydrogen) atoms. The van der Waals surface area contributed by atoms with Crippen LogP contribution in [0.25, 0.3) is 0 Å². The maximum atomic E-state index is 12.1. The molecule has 0 aliphatic rings. The molecule has 0 spiro atoms. The number of benzene rings is 1. The lowest BCUT2D eigenvalue weighted by atomic mass is 10.1. The molecule has 0 aromatic heterocycles. The molecule has 1 amide bonds. The van der Waals surface area contributed by atoms with Gasteiger partial charge in [0, 0.05) is 25.2 Å². The fraction of sp³-hybridized carbons (Fsp3) is 0.588. The van der Waals surface area contributed by atoms with Crippen LogP contribution in [0.5, 0.6) is 0 Å². The molecule has 0 saturated carbocycles. The summed E-state index contributed by atoms with van der Waals surface area (Å²) in [6.07, 6.45) is 2.06. The Bertz CT molecular complexity index is 637. The molecule has 1 aromatic rings. The molecule has 1 rings (SSSR count). The highest BCUT2D eigenvalue weighted by atomic mass is 32.2. The van der Waals surface area contributed by atoms with Crippen molar-refractivity contribution in [2.45, 2.75) is 26.7 Å². The van der Waals surface area contributed by atoms with Gasteiger partial charge in [-0.25, -0.2) is 12.7 Å². The molecular formula is C17H29N3O3S. The Morgan fingerprint density at radius 3 is 2.12 bits per heavy atom. The van der Waals surface area contributed by atoms with Crippen molar-refractivity contribution < 1.29 is 13.2 Å². The zero-order valence-corrected chi connectivity index (χ0v) is 16.1. The molecule has 0 unspecified atom stereocenters. The number of anilines is 1. The molecule has 1 aromatic carbocycles. The number of carbonyl (C=O) groups excluding carboxylic acids is 1. The van der Waals surface area contributed by atoms with E-state index in [1.54, 1.807) is 0 Å². The summed E-state index contributed by atoms with van der Waals surface area (Å²) in [6.45, 7) is 5.37. The fourth-order valence-corrected chi connectivity index (χ4v) is 3.39. The topological polar surface area (TPSA) is 69.7 Å². The number of amides is 1. The number of nitrogens with one attached hydrogen (secondary N) is 1. The predicted octanol–water partition coefficient (Wildman–Crippen LogP) is 1.85. The minimum absolute atomic E-state index is 0.141. The van der Waals surface area contributed by atoms with Crippen LogP contribution in [0.1, 0.15) is 24.0 Å². The Labute approximate surface area is 145 Å². The zero-order valence-electron chi connectivity index (χ0n) is 15.3. The van der Waals surface area contributed by atoms with E-state index in [-0.39, 0.29) is 18.9 Å². The van der Waals surface area contributed by atoms with Gasteiger partial charge in [-0.05, 0) is 64.2 Å². The van der Waals surface area contributed by atoms with Crippen molar-refractivity contribution in [1.82, 2.24) is 9.21 Å². The third kappa shape index (κ3) is 7.90. The first-order valence-corrected chi connectivity index (χ1v) is 9.91. The van der Waals surface area contributed by atoms with Crippen molar-refractivity contribution in [2.24, 2.45) is 0 Å². The van der Waals surface area contributed by atoms with E-state index in [0.717, 1.165) is 29.8 Å². The molecule has 0 heterocycles. The lowest BCUT2D eigenvalue weighted by Gasteiger charge is -2.20. The van der Waals surface area contributed by atoms with Gasteiger partial charge >= 0.3 is 0 Å². The van der Waals surface area contributed by atoms with Gasteiger partial charge in [-0.15, -0.1) is 0 Å². The van der Waals surface area contributed by atoms with Crippen LogP contribution in [0, 0.1) is 13.8 Å². The number of carbonyl (C=O) groups is 1. The van der Waals surface area contributed by atoms with Gasteiger partial charge in [-0.2, -0.15) is 0 Å². The highest BCUT2D eigenvalue weighted by Crippen LogP contribution is 2.14. The van der Waals surface area contributed by atoms with Crippen LogP contribution in [0.3, 0.4) is 0 Å². The Kier molecular flexibility index (Phi) is 7.86. The van der Waals surface area contributed by atoms with Crippen molar-refractivity contribution in [2.75, 3.05) is 45.3 Å². The van der Waals surface area contributed by atoms with Crippen LogP contribution in [-0.4, -0.2) is 63.5 Å². The third-order valence-electron chi connectivity index (χ3n) is 3.58. The van der Waals surface area contributed by atoms with E-state index in [2.05, 4.69) is 5.32 Å². The van der Waals surface area contributed by atoms with E-state index in [1.807, 2.05) is 51.0 Å². The van der Waals surface area contributed by atoms with Gasteiger partial charge in [0.15, 0.2) is 0 Å². The van der Waals surface area contributed by atoms with Crippen LogP contribution >= 0.6 is 0 Å². The summed E-state index contributed by atoms with van der Waals surface area (Å²) in [5, 5.41) is 2.84. The zero-order chi connectivity index (χ0) is 18.3. The lowest BCUT2D eigenvalue weighted by Crippen LogP contribution is -2.35. The van der Waals surface area contributed by atoms with E-state index >= 15 is 0 Å². The van der Waals surface area contributed by atoms with Crippen molar-refractivity contribution >= 4 is 21.6 Å². The van der Waals surface area contributed by atoms with E-state index in [9.17, 15) is 13.2 Å². The van der Waals surface area contributed by atoms with Crippen molar-refractivity contribution in [3.05, 3.63) is 29.3 Å². The number of aryl methyl sites for hydroxylation is 2. The summed E-state index contributed by atoms with van der Waals surface area (Å²) >= 11 is 0. The maximum absolute atomic E-state index is 12.1. The standard InChI is InChI=1S/C17H29N3O3S/c1-14-11-15(2)13-16(12-14)18-17(21)7-10-20(24(5,22)23)9-6-8-19(3)4/h11-13H,6-10H2,1-5H3,(H,18,21). The van der Waals surface area contributed by atoms with Crippen molar-refractivity contribution in [3.8, 4) is 0 Å². The predicted molar refractivity (Wildman–Crippen MR) is 98.8 cm³/mol. The smallest absolute Gasteiger partial charge is 0.225 e. The monoisotopic (exact) mass is 355 g/mol. The largest absolute Gasteiger partial charge is 0.326 e. The Balaban J connectivity index is 2.57. The summed E-state index contributed by atoms with van der Waals surface area (Å²) in [6, 6.07) is 5.83. The molecule has 0 atom stereocenters. The first-order valence-electron chi connectivity index (χ1n) is 8.06. The Morgan fingerprint density at radius 2 is 1.62 bits per heavy atom. The fourth-order valence-electron chi connectivity index (χ4n) is 2.50. The third-order valence-corrected chi connectivity index (χ3v) is 4.88. The lowest BCUT2D eigenvalue weighted by molar-refractivity contribution is -0.116. The van der Waals surface area contributed by atoms with Crippen LogP contribution in [0.4, 0.5) is 5.69 Å². The minimum atomic E-state index is -3.31. The van der Waals surface area contributed by atoms with Gasteiger partial charge in [0.25, 0.3) is 0 Å². The Morgan fingerprint density at radius 1 is 1.04 bits per heavy atom. The second kappa shape index (κ2) is 9.15. The first-order chi connectivity index (χ1) is 11.1.